The van der Waals surface area contributed by atoms with E-state index in [1.165, 1.54) is 0 Å². The molecule has 3 N–H and O–H groups in total. The molecule has 112 valence electrons. The molecule has 19 heavy (non-hydrogen) atoms. The molecule has 0 fully saturated rings. The van der Waals surface area contributed by atoms with Gasteiger partial charge in [-0.2, -0.15) is 0 Å². The van der Waals surface area contributed by atoms with E-state index in [0.717, 1.165) is 12.8 Å². The second kappa shape index (κ2) is 9.69. The Morgan fingerprint density at radius 3 is 2.32 bits per heavy atom. The molecule has 0 aromatic carbocycles. The third kappa shape index (κ3) is 7.74. The van der Waals surface area contributed by atoms with Crippen LogP contribution in [0.4, 0.5) is 0 Å². The molecular formula is C12H24N2O5. The monoisotopic (exact) mass is 276 g/mol. The van der Waals surface area contributed by atoms with Crippen molar-refractivity contribution < 1.29 is 19.6 Å². The molecule has 0 unspecified atom stereocenters. The summed E-state index contributed by atoms with van der Waals surface area (Å²) in [5.74, 6) is -1.64. The summed E-state index contributed by atoms with van der Waals surface area (Å²) in [6.45, 7) is 3.53. The summed E-state index contributed by atoms with van der Waals surface area (Å²) in [5.41, 5.74) is 5.09. The molecule has 0 aliphatic carbocycles. The molecule has 0 bridgehead atoms. The lowest BCUT2D eigenvalue weighted by atomic mass is 9.90. The summed E-state index contributed by atoms with van der Waals surface area (Å²) < 4.78 is 5.60. The van der Waals surface area contributed by atoms with Gasteiger partial charge >= 0.3 is 0 Å². The minimum absolute atomic E-state index is 0.0684. The van der Waals surface area contributed by atoms with Gasteiger partial charge < -0.3 is 15.6 Å². The number of aliphatic hydroxyl groups excluding tert-OH is 1. The maximum Gasteiger partial charge on any atom is 0.217 e. The lowest BCUT2D eigenvalue weighted by molar-refractivity contribution is -0.490. The van der Waals surface area contributed by atoms with Gasteiger partial charge in [0.15, 0.2) is 0 Å². The molecule has 0 rings (SSSR count). The van der Waals surface area contributed by atoms with Gasteiger partial charge in [0.1, 0.15) is 0 Å². The normalized spacial score (nSPS) is 14.3. The standard InChI is InChI=1S/C12H24N2O5/c1-3-11(4-2)19-8-10(7-15)9(5-12(13)16)6-14(17)18/h9-11,15H,3-8H2,1-2H3,(H2,13,16)/t9-,10-/m0/s1. The van der Waals surface area contributed by atoms with Crippen molar-refractivity contribution in [1.29, 1.82) is 0 Å². The van der Waals surface area contributed by atoms with Crippen LogP contribution in [0.1, 0.15) is 33.1 Å². The van der Waals surface area contributed by atoms with E-state index >= 15 is 0 Å². The van der Waals surface area contributed by atoms with Gasteiger partial charge in [-0.25, -0.2) is 0 Å². The Morgan fingerprint density at radius 1 is 1.37 bits per heavy atom. The number of nitro groups is 1. The number of rotatable bonds is 11. The Balaban J connectivity index is 4.53. The van der Waals surface area contributed by atoms with E-state index in [4.69, 9.17) is 10.5 Å². The molecular weight excluding hydrogens is 252 g/mol. The highest BCUT2D eigenvalue weighted by molar-refractivity contribution is 5.74. The number of amides is 1. The molecule has 7 heteroatoms. The van der Waals surface area contributed by atoms with E-state index < -0.39 is 22.7 Å². The topological polar surface area (TPSA) is 116 Å². The lowest BCUT2D eigenvalue weighted by Gasteiger charge is -2.24. The summed E-state index contributed by atoms with van der Waals surface area (Å²) >= 11 is 0. The zero-order valence-corrected chi connectivity index (χ0v) is 11.6. The van der Waals surface area contributed by atoms with Gasteiger partial charge in [0, 0.05) is 29.8 Å². The molecule has 1 amide bonds. The number of nitrogens with two attached hydrogens (primary N) is 1. The second-order valence-electron chi connectivity index (χ2n) is 4.66. The summed E-state index contributed by atoms with van der Waals surface area (Å²) in [5, 5.41) is 19.9. The lowest BCUT2D eigenvalue weighted by Crippen LogP contribution is -2.33. The highest BCUT2D eigenvalue weighted by Crippen LogP contribution is 2.18. The SMILES string of the molecule is CCC(CC)OC[C@H](CO)[C@@H](CC(N)=O)C[N+](=O)[O-]. The van der Waals surface area contributed by atoms with Crippen molar-refractivity contribution in [3.8, 4) is 0 Å². The molecule has 0 spiro atoms. The smallest absolute Gasteiger partial charge is 0.217 e. The zero-order valence-electron chi connectivity index (χ0n) is 11.6. The Bertz CT molecular complexity index is 265. The third-order valence-corrected chi connectivity index (χ3v) is 3.20. The summed E-state index contributed by atoms with van der Waals surface area (Å²) in [6, 6.07) is 0. The van der Waals surface area contributed by atoms with Crippen LogP contribution in [0.5, 0.6) is 0 Å². The zero-order chi connectivity index (χ0) is 14.8. The molecule has 2 atom stereocenters. The summed E-state index contributed by atoms with van der Waals surface area (Å²) in [6.07, 6.45) is 1.63. The fraction of sp³-hybridized carbons (Fsp3) is 0.917. The minimum Gasteiger partial charge on any atom is -0.396 e. The first-order valence-electron chi connectivity index (χ1n) is 6.57. The Kier molecular flexibility index (Phi) is 9.07. The van der Waals surface area contributed by atoms with Gasteiger partial charge in [0.2, 0.25) is 12.5 Å². The van der Waals surface area contributed by atoms with Crippen LogP contribution in [0, 0.1) is 22.0 Å². The van der Waals surface area contributed by atoms with Crippen LogP contribution in [0.15, 0.2) is 0 Å². The van der Waals surface area contributed by atoms with Gasteiger partial charge in [0.05, 0.1) is 12.7 Å². The van der Waals surface area contributed by atoms with Gasteiger partial charge in [-0.05, 0) is 12.8 Å². The van der Waals surface area contributed by atoms with Gasteiger partial charge in [-0.1, -0.05) is 13.8 Å². The first kappa shape index (κ1) is 17.8. The number of hydrogen-bond donors (Lipinski definition) is 2. The predicted octanol–water partition coefficient (Wildman–Crippen LogP) is 0.568. The van der Waals surface area contributed by atoms with Crippen molar-refractivity contribution in [3.05, 3.63) is 10.1 Å². The van der Waals surface area contributed by atoms with E-state index in [0.29, 0.717) is 0 Å². The Hall–Kier alpha value is -1.21. The van der Waals surface area contributed by atoms with Gasteiger partial charge in [-0.3, -0.25) is 14.9 Å². The van der Waals surface area contributed by atoms with Crippen molar-refractivity contribution >= 4 is 5.91 Å². The van der Waals surface area contributed by atoms with Gasteiger partial charge in [0.25, 0.3) is 0 Å². The number of hydrogen-bond acceptors (Lipinski definition) is 5. The molecule has 7 nitrogen and oxygen atoms in total. The maximum atomic E-state index is 10.9. The number of carbonyl (C=O) groups is 1. The van der Waals surface area contributed by atoms with E-state index in [1.807, 2.05) is 13.8 Å². The number of primary amides is 1. The summed E-state index contributed by atoms with van der Waals surface area (Å²) in [7, 11) is 0. The van der Waals surface area contributed by atoms with Crippen LogP contribution >= 0.6 is 0 Å². The molecule has 0 heterocycles. The van der Waals surface area contributed by atoms with Crippen molar-refractivity contribution in [1.82, 2.24) is 0 Å². The van der Waals surface area contributed by atoms with Crippen molar-refractivity contribution in [2.75, 3.05) is 19.8 Å². The molecule has 0 saturated heterocycles. The van der Waals surface area contributed by atoms with Crippen molar-refractivity contribution in [2.45, 2.75) is 39.2 Å². The predicted molar refractivity (Wildman–Crippen MR) is 70.1 cm³/mol. The second-order valence-corrected chi connectivity index (χ2v) is 4.66. The van der Waals surface area contributed by atoms with Crippen LogP contribution in [0.3, 0.4) is 0 Å². The Labute approximate surface area is 113 Å². The molecule has 0 aromatic rings. The number of aliphatic hydroxyl groups is 1. The number of carbonyl (C=O) groups excluding carboxylic acids is 1. The van der Waals surface area contributed by atoms with E-state index in [-0.39, 0.29) is 32.3 Å². The average Bonchev–Trinajstić information content (AvgIpc) is 2.33. The van der Waals surface area contributed by atoms with Crippen LogP contribution < -0.4 is 5.73 Å². The largest absolute Gasteiger partial charge is 0.396 e. The number of ether oxygens (including phenoxy) is 1. The molecule has 0 radical (unpaired) electrons. The van der Waals surface area contributed by atoms with Crippen LogP contribution in [0.25, 0.3) is 0 Å². The average molecular weight is 276 g/mol. The van der Waals surface area contributed by atoms with E-state index in [9.17, 15) is 20.0 Å². The highest BCUT2D eigenvalue weighted by Gasteiger charge is 2.28. The van der Waals surface area contributed by atoms with Crippen molar-refractivity contribution in [2.24, 2.45) is 17.6 Å². The first-order valence-corrected chi connectivity index (χ1v) is 6.57. The molecule has 0 aromatic heterocycles. The van der Waals surface area contributed by atoms with Crippen LogP contribution in [-0.2, 0) is 9.53 Å². The fourth-order valence-corrected chi connectivity index (χ4v) is 1.95. The maximum absolute atomic E-state index is 10.9. The quantitative estimate of drug-likeness (QED) is 0.422. The molecule has 0 aliphatic heterocycles. The minimum atomic E-state index is -0.604. The number of nitrogens with zero attached hydrogens (tertiary/aromatic N) is 1. The highest BCUT2D eigenvalue weighted by atomic mass is 16.6. The van der Waals surface area contributed by atoms with Crippen LogP contribution in [-0.4, -0.2) is 41.8 Å². The fourth-order valence-electron chi connectivity index (χ4n) is 1.95. The van der Waals surface area contributed by atoms with E-state index in [1.54, 1.807) is 0 Å². The molecule has 0 aliphatic rings. The first-order chi connectivity index (χ1) is 8.94. The third-order valence-electron chi connectivity index (χ3n) is 3.20. The summed E-state index contributed by atoms with van der Waals surface area (Å²) in [4.78, 5) is 21.0. The van der Waals surface area contributed by atoms with Crippen molar-refractivity contribution in [3.63, 3.8) is 0 Å². The Morgan fingerprint density at radius 2 is 1.95 bits per heavy atom. The molecule has 0 saturated carbocycles. The van der Waals surface area contributed by atoms with Crippen LogP contribution in [0.2, 0.25) is 0 Å². The van der Waals surface area contributed by atoms with E-state index in [2.05, 4.69) is 0 Å². The van der Waals surface area contributed by atoms with Gasteiger partial charge in [-0.15, -0.1) is 0 Å².